The molecule has 2 aromatic rings. The molecule has 178 valence electrons. The van der Waals surface area contributed by atoms with Gasteiger partial charge in [0.15, 0.2) is 11.5 Å². The number of nitrogens with zero attached hydrogens (tertiary/aromatic N) is 1. The van der Waals surface area contributed by atoms with E-state index in [4.69, 9.17) is 9.47 Å². The smallest absolute Gasteiger partial charge is 0.261 e. The van der Waals surface area contributed by atoms with Gasteiger partial charge in [0.25, 0.3) is 5.78 Å². The SMILES string of the molecule is COC1=CC(=CC2=C(C)C(=CC(=O)N(C)Cc3ccccc3)c3cc(F)ccc32)C=C(OC)C1=O. The number of rotatable bonds is 6. The number of fused-ring (bicyclic) bond motifs is 1. The van der Waals surface area contributed by atoms with Crippen LogP contribution in [0.15, 0.2) is 95.5 Å². The highest BCUT2D eigenvalue weighted by molar-refractivity contribution is 6.10. The zero-order chi connectivity index (χ0) is 25.1. The largest absolute Gasteiger partial charge is 0.492 e. The van der Waals surface area contributed by atoms with Crippen LogP contribution in [0.2, 0.25) is 0 Å². The second-order valence-electron chi connectivity index (χ2n) is 8.37. The number of benzene rings is 2. The molecule has 2 aliphatic carbocycles. The molecular weight excluding hydrogens is 445 g/mol. The minimum Gasteiger partial charge on any atom is -0.492 e. The topological polar surface area (TPSA) is 55.8 Å². The average Bonchev–Trinajstić information content (AvgIpc) is 3.10. The second kappa shape index (κ2) is 9.97. The summed E-state index contributed by atoms with van der Waals surface area (Å²) in [6.45, 7) is 2.36. The third-order valence-corrected chi connectivity index (χ3v) is 6.07. The van der Waals surface area contributed by atoms with Crippen molar-refractivity contribution < 1.29 is 23.5 Å². The fourth-order valence-corrected chi connectivity index (χ4v) is 4.21. The number of hydrogen-bond donors (Lipinski definition) is 0. The van der Waals surface area contributed by atoms with Gasteiger partial charge < -0.3 is 14.4 Å². The zero-order valence-electron chi connectivity index (χ0n) is 20.1. The predicted molar refractivity (Wildman–Crippen MR) is 133 cm³/mol. The van der Waals surface area contributed by atoms with Gasteiger partial charge in [-0.2, -0.15) is 0 Å². The Hall–Kier alpha value is -4.19. The normalized spacial score (nSPS) is 16.1. The maximum Gasteiger partial charge on any atom is 0.261 e. The lowest BCUT2D eigenvalue weighted by Gasteiger charge is -2.16. The van der Waals surface area contributed by atoms with Crippen molar-refractivity contribution in [1.82, 2.24) is 4.90 Å². The van der Waals surface area contributed by atoms with Gasteiger partial charge in [0.05, 0.1) is 14.2 Å². The number of hydrogen-bond acceptors (Lipinski definition) is 4. The van der Waals surface area contributed by atoms with Gasteiger partial charge in [-0.15, -0.1) is 0 Å². The van der Waals surface area contributed by atoms with Crippen LogP contribution in [0.4, 0.5) is 4.39 Å². The molecule has 0 radical (unpaired) electrons. The Morgan fingerprint density at radius 3 is 2.29 bits per heavy atom. The summed E-state index contributed by atoms with van der Waals surface area (Å²) in [7, 11) is 4.59. The van der Waals surface area contributed by atoms with E-state index in [0.717, 1.165) is 22.3 Å². The lowest BCUT2D eigenvalue weighted by molar-refractivity contribution is -0.125. The number of likely N-dealkylation sites (N-methyl/N-ethyl adjacent to an activating group) is 1. The van der Waals surface area contributed by atoms with Crippen LogP contribution in [0, 0.1) is 5.82 Å². The first-order valence-electron chi connectivity index (χ1n) is 11.1. The van der Waals surface area contributed by atoms with Gasteiger partial charge in [0, 0.05) is 19.7 Å². The molecule has 0 spiro atoms. The number of carbonyl (C=O) groups excluding carboxylic acids is 2. The number of allylic oxidation sites excluding steroid dienone is 7. The number of ether oxygens (including phenoxy) is 2. The number of halogens is 1. The molecule has 0 aliphatic heterocycles. The first-order valence-corrected chi connectivity index (χ1v) is 11.1. The predicted octanol–water partition coefficient (Wildman–Crippen LogP) is 5.22. The van der Waals surface area contributed by atoms with Crippen LogP contribution in [-0.4, -0.2) is 37.9 Å². The zero-order valence-corrected chi connectivity index (χ0v) is 20.1. The third-order valence-electron chi connectivity index (χ3n) is 6.07. The molecule has 0 fully saturated rings. The molecule has 0 bridgehead atoms. The average molecular weight is 472 g/mol. The fraction of sp³-hybridized carbons (Fsp3) is 0.172. The molecule has 0 saturated heterocycles. The summed E-state index contributed by atoms with van der Waals surface area (Å²) in [5, 5.41) is 0. The van der Waals surface area contributed by atoms with Crippen molar-refractivity contribution in [3.63, 3.8) is 0 Å². The number of Topliss-reactive ketones (excluding diaryl/α,β-unsaturated/α-hetero) is 1. The van der Waals surface area contributed by atoms with Gasteiger partial charge in [-0.25, -0.2) is 4.39 Å². The van der Waals surface area contributed by atoms with Gasteiger partial charge in [0.2, 0.25) is 5.91 Å². The molecule has 0 atom stereocenters. The Labute approximate surface area is 204 Å². The number of amides is 1. The molecule has 6 heteroatoms. The summed E-state index contributed by atoms with van der Waals surface area (Å²) in [6, 6.07) is 14.3. The fourth-order valence-electron chi connectivity index (χ4n) is 4.21. The summed E-state index contributed by atoms with van der Waals surface area (Å²) >= 11 is 0. The van der Waals surface area contributed by atoms with Crippen LogP contribution in [0.1, 0.15) is 23.6 Å². The summed E-state index contributed by atoms with van der Waals surface area (Å²) in [5.74, 6) is -0.565. The van der Waals surface area contributed by atoms with Crippen LogP contribution in [0.3, 0.4) is 0 Å². The molecule has 2 aromatic carbocycles. The molecule has 0 unspecified atom stereocenters. The van der Waals surface area contributed by atoms with Crippen molar-refractivity contribution in [2.24, 2.45) is 0 Å². The van der Waals surface area contributed by atoms with E-state index in [1.54, 1.807) is 36.2 Å². The highest BCUT2D eigenvalue weighted by Crippen LogP contribution is 2.43. The van der Waals surface area contributed by atoms with E-state index < -0.39 is 0 Å². The molecule has 4 rings (SSSR count). The van der Waals surface area contributed by atoms with E-state index in [2.05, 4.69) is 0 Å². The van der Waals surface area contributed by atoms with Crippen molar-refractivity contribution in [3.05, 3.63) is 118 Å². The van der Waals surface area contributed by atoms with Crippen molar-refractivity contribution in [1.29, 1.82) is 0 Å². The Balaban J connectivity index is 1.75. The highest BCUT2D eigenvalue weighted by atomic mass is 19.1. The molecule has 35 heavy (non-hydrogen) atoms. The molecule has 0 heterocycles. The third kappa shape index (κ3) is 4.87. The first-order chi connectivity index (χ1) is 16.8. The quantitative estimate of drug-likeness (QED) is 0.542. The van der Waals surface area contributed by atoms with Gasteiger partial charge >= 0.3 is 0 Å². The van der Waals surface area contributed by atoms with Crippen molar-refractivity contribution in [2.75, 3.05) is 21.3 Å². The molecular formula is C29H26FNO4. The number of carbonyl (C=O) groups is 2. The lowest BCUT2D eigenvalue weighted by atomic mass is 9.99. The van der Waals surface area contributed by atoms with Crippen LogP contribution in [0.5, 0.6) is 0 Å². The Bertz CT molecular complexity index is 1320. The van der Waals surface area contributed by atoms with Gasteiger partial charge in [-0.1, -0.05) is 36.4 Å². The minimum atomic E-state index is -0.382. The molecule has 1 amide bonds. The Kier molecular flexibility index (Phi) is 6.82. The van der Waals surface area contributed by atoms with E-state index in [9.17, 15) is 14.0 Å². The highest BCUT2D eigenvalue weighted by Gasteiger charge is 2.26. The van der Waals surface area contributed by atoms with E-state index in [1.807, 2.05) is 43.3 Å². The van der Waals surface area contributed by atoms with Crippen molar-refractivity contribution >= 4 is 22.8 Å². The summed E-state index contributed by atoms with van der Waals surface area (Å²) in [6.07, 6.45) is 6.71. The lowest BCUT2D eigenvalue weighted by Crippen LogP contribution is -2.24. The summed E-state index contributed by atoms with van der Waals surface area (Å²) in [5.41, 5.74) is 5.48. The molecule has 0 N–H and O–H groups in total. The summed E-state index contributed by atoms with van der Waals surface area (Å²) in [4.78, 5) is 27.0. The van der Waals surface area contributed by atoms with Crippen LogP contribution >= 0.6 is 0 Å². The molecule has 2 aliphatic rings. The molecule has 0 saturated carbocycles. The number of ketones is 1. The van der Waals surface area contributed by atoms with E-state index in [1.165, 1.54) is 26.4 Å². The minimum absolute atomic E-state index is 0.166. The number of methoxy groups -OCH3 is 2. The standard InChI is InChI=1S/C29H26FNO4/c1-18-23(12-20-13-26(34-3)29(33)27(14-20)35-4)22-11-10-21(30)15-25(22)24(18)16-28(32)31(2)17-19-8-6-5-7-9-19/h5-16H,17H2,1-4H3. The second-order valence-corrected chi connectivity index (χ2v) is 8.37. The maximum atomic E-state index is 14.2. The maximum absolute atomic E-state index is 14.2. The molecule has 0 aromatic heterocycles. The van der Waals surface area contributed by atoms with E-state index in [-0.39, 0.29) is 29.0 Å². The van der Waals surface area contributed by atoms with Crippen LogP contribution in [-0.2, 0) is 25.6 Å². The summed E-state index contributed by atoms with van der Waals surface area (Å²) < 4.78 is 24.7. The van der Waals surface area contributed by atoms with Gasteiger partial charge in [-0.3, -0.25) is 9.59 Å². The van der Waals surface area contributed by atoms with Crippen LogP contribution < -0.4 is 0 Å². The Morgan fingerprint density at radius 1 is 1.00 bits per heavy atom. The van der Waals surface area contributed by atoms with Gasteiger partial charge in [-0.05, 0) is 76.3 Å². The van der Waals surface area contributed by atoms with Crippen molar-refractivity contribution in [2.45, 2.75) is 13.5 Å². The Morgan fingerprint density at radius 2 is 1.66 bits per heavy atom. The molecule has 5 nitrogen and oxygen atoms in total. The van der Waals surface area contributed by atoms with Gasteiger partial charge in [0.1, 0.15) is 5.82 Å². The first kappa shape index (κ1) is 24.0. The van der Waals surface area contributed by atoms with E-state index >= 15 is 0 Å². The monoisotopic (exact) mass is 471 g/mol. The van der Waals surface area contributed by atoms with Crippen LogP contribution in [0.25, 0.3) is 11.1 Å². The van der Waals surface area contributed by atoms with E-state index in [0.29, 0.717) is 23.3 Å². The van der Waals surface area contributed by atoms with Crippen molar-refractivity contribution in [3.8, 4) is 0 Å².